The van der Waals surface area contributed by atoms with E-state index >= 15 is 0 Å². The maximum Gasteiger partial charge on any atom is 0.0386 e. The summed E-state index contributed by atoms with van der Waals surface area (Å²) in [6.45, 7) is 5.41. The van der Waals surface area contributed by atoms with Crippen LogP contribution in [0, 0.1) is 6.92 Å². The molecular formula is C15H18BrNS. The summed E-state index contributed by atoms with van der Waals surface area (Å²) in [6, 6.07) is 11.2. The molecule has 0 spiro atoms. The second-order valence-electron chi connectivity index (χ2n) is 4.52. The predicted octanol–water partition coefficient (Wildman–Crippen LogP) is 4.71. The number of thiophene rings is 1. The molecule has 3 heteroatoms. The van der Waals surface area contributed by atoms with Gasteiger partial charge in [0.25, 0.3) is 0 Å². The van der Waals surface area contributed by atoms with E-state index in [0.29, 0.717) is 6.04 Å². The van der Waals surface area contributed by atoms with Crippen LogP contribution in [0.1, 0.15) is 29.0 Å². The number of benzene rings is 1. The smallest absolute Gasteiger partial charge is 0.0386 e. The summed E-state index contributed by atoms with van der Waals surface area (Å²) in [4.78, 5) is 1.38. The standard InChI is InChI=1S/C15H18BrNS/c1-11-5-3-4-6-13(11)7-8-17-12(2)15-9-14(16)10-18-15/h3-6,9-10,12,17H,7-8H2,1-2H3. The Hall–Kier alpha value is -0.640. The first-order valence-corrected chi connectivity index (χ1v) is 7.86. The van der Waals surface area contributed by atoms with E-state index in [-0.39, 0.29) is 0 Å². The third-order valence-electron chi connectivity index (χ3n) is 3.12. The van der Waals surface area contributed by atoms with Crippen molar-refractivity contribution in [2.75, 3.05) is 6.54 Å². The van der Waals surface area contributed by atoms with Gasteiger partial charge in [-0.1, -0.05) is 24.3 Å². The van der Waals surface area contributed by atoms with E-state index < -0.39 is 0 Å². The highest BCUT2D eigenvalue weighted by molar-refractivity contribution is 9.10. The van der Waals surface area contributed by atoms with E-state index in [1.165, 1.54) is 20.5 Å². The van der Waals surface area contributed by atoms with E-state index in [1.807, 2.05) is 0 Å². The minimum Gasteiger partial charge on any atom is -0.309 e. The van der Waals surface area contributed by atoms with Crippen molar-refractivity contribution < 1.29 is 0 Å². The molecule has 1 unspecified atom stereocenters. The molecule has 96 valence electrons. The Labute approximate surface area is 121 Å². The van der Waals surface area contributed by atoms with Crippen LogP contribution >= 0.6 is 27.3 Å². The Morgan fingerprint density at radius 3 is 2.78 bits per heavy atom. The molecule has 1 nitrogen and oxygen atoms in total. The van der Waals surface area contributed by atoms with Crippen LogP contribution in [0.25, 0.3) is 0 Å². The zero-order chi connectivity index (χ0) is 13.0. The molecule has 1 N–H and O–H groups in total. The summed E-state index contributed by atoms with van der Waals surface area (Å²) < 4.78 is 1.18. The summed E-state index contributed by atoms with van der Waals surface area (Å²) in [5.41, 5.74) is 2.82. The summed E-state index contributed by atoms with van der Waals surface area (Å²) in [6.07, 6.45) is 1.09. The van der Waals surface area contributed by atoms with Crippen LogP contribution in [0.3, 0.4) is 0 Å². The molecule has 1 aromatic heterocycles. The number of rotatable bonds is 5. The molecular weight excluding hydrogens is 306 g/mol. The maximum atomic E-state index is 3.58. The van der Waals surface area contributed by atoms with Crippen molar-refractivity contribution in [2.45, 2.75) is 26.3 Å². The first kappa shape index (κ1) is 13.8. The summed E-state index contributed by atoms with van der Waals surface area (Å²) in [7, 11) is 0. The Balaban J connectivity index is 1.84. The van der Waals surface area contributed by atoms with E-state index in [4.69, 9.17) is 0 Å². The monoisotopic (exact) mass is 323 g/mol. The molecule has 0 fully saturated rings. The average Bonchev–Trinajstić information content (AvgIpc) is 2.78. The first-order chi connectivity index (χ1) is 8.66. The van der Waals surface area contributed by atoms with Crippen LogP contribution in [0.2, 0.25) is 0 Å². The molecule has 1 aromatic carbocycles. The predicted molar refractivity (Wildman–Crippen MR) is 83.3 cm³/mol. The second-order valence-corrected chi connectivity index (χ2v) is 6.38. The molecule has 2 aromatic rings. The number of hydrogen-bond donors (Lipinski definition) is 1. The SMILES string of the molecule is Cc1ccccc1CCNC(C)c1cc(Br)cs1. The van der Waals surface area contributed by atoms with Gasteiger partial charge in [-0.25, -0.2) is 0 Å². The molecule has 0 amide bonds. The van der Waals surface area contributed by atoms with Crippen LogP contribution in [0.5, 0.6) is 0 Å². The lowest BCUT2D eigenvalue weighted by atomic mass is 10.1. The van der Waals surface area contributed by atoms with E-state index in [1.54, 1.807) is 11.3 Å². The van der Waals surface area contributed by atoms with Crippen molar-refractivity contribution in [1.82, 2.24) is 5.32 Å². The van der Waals surface area contributed by atoms with Gasteiger partial charge < -0.3 is 5.32 Å². The van der Waals surface area contributed by atoms with Crippen LogP contribution in [-0.4, -0.2) is 6.54 Å². The fourth-order valence-electron chi connectivity index (χ4n) is 1.97. The molecule has 0 aliphatic rings. The van der Waals surface area contributed by atoms with Gasteiger partial charge in [-0.3, -0.25) is 0 Å². The minimum atomic E-state index is 0.422. The highest BCUT2D eigenvalue weighted by Crippen LogP contribution is 2.25. The minimum absolute atomic E-state index is 0.422. The molecule has 0 aliphatic heterocycles. The first-order valence-electron chi connectivity index (χ1n) is 6.18. The fraction of sp³-hybridized carbons (Fsp3) is 0.333. The molecule has 1 heterocycles. The lowest BCUT2D eigenvalue weighted by Crippen LogP contribution is -2.20. The van der Waals surface area contributed by atoms with Gasteiger partial charge in [0.2, 0.25) is 0 Å². The van der Waals surface area contributed by atoms with Gasteiger partial charge in [0.1, 0.15) is 0 Å². The van der Waals surface area contributed by atoms with Crippen LogP contribution in [0.15, 0.2) is 40.2 Å². The highest BCUT2D eigenvalue weighted by Gasteiger charge is 2.07. The lowest BCUT2D eigenvalue weighted by molar-refractivity contribution is 0.584. The Kier molecular flexibility index (Phi) is 4.98. The molecule has 0 saturated heterocycles. The second kappa shape index (κ2) is 6.50. The van der Waals surface area contributed by atoms with Gasteiger partial charge in [-0.2, -0.15) is 0 Å². The molecule has 0 aliphatic carbocycles. The van der Waals surface area contributed by atoms with E-state index in [9.17, 15) is 0 Å². The third kappa shape index (κ3) is 3.67. The highest BCUT2D eigenvalue weighted by atomic mass is 79.9. The summed E-state index contributed by atoms with van der Waals surface area (Å²) in [5, 5.41) is 5.71. The zero-order valence-corrected chi connectivity index (χ0v) is 13.1. The fourth-order valence-corrected chi connectivity index (χ4v) is 3.45. The molecule has 2 rings (SSSR count). The van der Waals surface area contributed by atoms with Crippen LogP contribution < -0.4 is 5.32 Å². The van der Waals surface area contributed by atoms with Crippen molar-refractivity contribution >= 4 is 27.3 Å². The van der Waals surface area contributed by atoms with Crippen LogP contribution in [0.4, 0.5) is 0 Å². The topological polar surface area (TPSA) is 12.0 Å². The van der Waals surface area contributed by atoms with E-state index in [0.717, 1.165) is 13.0 Å². The van der Waals surface area contributed by atoms with Gasteiger partial charge in [0.15, 0.2) is 0 Å². The number of nitrogens with one attached hydrogen (secondary N) is 1. The number of halogens is 1. The quantitative estimate of drug-likeness (QED) is 0.840. The van der Waals surface area contributed by atoms with Crippen molar-refractivity contribution in [2.24, 2.45) is 0 Å². The number of aryl methyl sites for hydroxylation is 1. The molecule has 1 atom stereocenters. The Bertz CT molecular complexity index is 507. The summed E-state index contributed by atoms with van der Waals surface area (Å²) >= 11 is 5.30. The number of hydrogen-bond acceptors (Lipinski definition) is 2. The van der Waals surface area contributed by atoms with Gasteiger partial charge in [-0.15, -0.1) is 11.3 Å². The lowest BCUT2D eigenvalue weighted by Gasteiger charge is -2.12. The average molecular weight is 324 g/mol. The van der Waals surface area contributed by atoms with Gasteiger partial charge in [-0.05, 0) is 59.9 Å². The third-order valence-corrected chi connectivity index (χ3v) is 5.00. The summed E-state index contributed by atoms with van der Waals surface area (Å²) in [5.74, 6) is 0. The Morgan fingerprint density at radius 1 is 1.33 bits per heavy atom. The molecule has 18 heavy (non-hydrogen) atoms. The van der Waals surface area contributed by atoms with Gasteiger partial charge in [0.05, 0.1) is 0 Å². The van der Waals surface area contributed by atoms with Gasteiger partial charge in [0, 0.05) is 20.8 Å². The van der Waals surface area contributed by atoms with Crippen molar-refractivity contribution in [1.29, 1.82) is 0 Å². The normalized spacial score (nSPS) is 12.6. The van der Waals surface area contributed by atoms with Crippen molar-refractivity contribution in [3.8, 4) is 0 Å². The van der Waals surface area contributed by atoms with Crippen molar-refractivity contribution in [3.63, 3.8) is 0 Å². The maximum absolute atomic E-state index is 3.58. The van der Waals surface area contributed by atoms with Crippen molar-refractivity contribution in [3.05, 3.63) is 56.2 Å². The zero-order valence-electron chi connectivity index (χ0n) is 10.7. The molecule has 0 bridgehead atoms. The van der Waals surface area contributed by atoms with E-state index in [2.05, 4.69) is 70.8 Å². The molecule has 0 saturated carbocycles. The van der Waals surface area contributed by atoms with Gasteiger partial charge >= 0.3 is 0 Å². The largest absolute Gasteiger partial charge is 0.309 e. The molecule has 0 radical (unpaired) electrons. The Morgan fingerprint density at radius 2 is 2.11 bits per heavy atom. The van der Waals surface area contributed by atoms with Crippen LogP contribution in [-0.2, 0) is 6.42 Å².